The van der Waals surface area contributed by atoms with Crippen molar-refractivity contribution in [2.75, 3.05) is 20.1 Å². The third-order valence-corrected chi connectivity index (χ3v) is 7.70. The summed E-state index contributed by atoms with van der Waals surface area (Å²) in [6.07, 6.45) is 9.39. The first-order chi connectivity index (χ1) is 16.6. The summed E-state index contributed by atoms with van der Waals surface area (Å²) < 4.78 is 6.10. The highest BCUT2D eigenvalue weighted by atomic mass is 16.5. The predicted octanol–water partition coefficient (Wildman–Crippen LogP) is 4.92. The molecular formula is C29H34N2O3. The molecule has 2 atom stereocenters. The smallest absolute Gasteiger partial charge is 0.289 e. The number of nitrogens with zero attached hydrogens (tertiary/aromatic N) is 2. The Bertz CT molecular complexity index is 1040. The number of likely N-dealkylation sites (tertiary alicyclic amines) is 1. The Labute approximate surface area is 202 Å². The molecule has 5 nitrogen and oxygen atoms in total. The Kier molecular flexibility index (Phi) is 6.70. The topological polar surface area (TPSA) is 49.9 Å². The van der Waals surface area contributed by atoms with Crippen LogP contribution in [0.3, 0.4) is 0 Å². The summed E-state index contributed by atoms with van der Waals surface area (Å²) in [4.78, 5) is 29.6. The Balaban J connectivity index is 1.19. The van der Waals surface area contributed by atoms with Gasteiger partial charge in [-0.15, -0.1) is 0 Å². The van der Waals surface area contributed by atoms with E-state index in [0.717, 1.165) is 63.6 Å². The first-order valence-corrected chi connectivity index (χ1v) is 12.7. The van der Waals surface area contributed by atoms with E-state index in [-0.39, 0.29) is 24.0 Å². The van der Waals surface area contributed by atoms with Crippen molar-refractivity contribution in [2.24, 2.45) is 5.92 Å². The fourth-order valence-corrected chi connectivity index (χ4v) is 5.63. The van der Waals surface area contributed by atoms with Crippen LogP contribution < -0.4 is 0 Å². The van der Waals surface area contributed by atoms with E-state index in [9.17, 15) is 9.59 Å². The molecule has 0 spiro atoms. The van der Waals surface area contributed by atoms with Crippen LogP contribution in [0.4, 0.5) is 0 Å². The van der Waals surface area contributed by atoms with Gasteiger partial charge in [0, 0.05) is 25.7 Å². The molecule has 2 aromatic carbocycles. The molecule has 2 aliphatic heterocycles. The molecule has 0 bridgehead atoms. The van der Waals surface area contributed by atoms with Crippen molar-refractivity contribution in [3.63, 3.8) is 0 Å². The Morgan fingerprint density at radius 3 is 2.41 bits per heavy atom. The van der Waals surface area contributed by atoms with Gasteiger partial charge in [-0.1, -0.05) is 48.9 Å². The number of morpholine rings is 1. The van der Waals surface area contributed by atoms with Gasteiger partial charge in [-0.3, -0.25) is 9.59 Å². The van der Waals surface area contributed by atoms with E-state index in [1.54, 1.807) is 0 Å². The van der Waals surface area contributed by atoms with Crippen LogP contribution in [0.15, 0.2) is 60.4 Å². The molecule has 0 radical (unpaired) electrons. The van der Waals surface area contributed by atoms with Gasteiger partial charge in [-0.25, -0.2) is 0 Å². The van der Waals surface area contributed by atoms with Crippen LogP contribution in [0.5, 0.6) is 0 Å². The van der Waals surface area contributed by atoms with Crippen LogP contribution in [-0.4, -0.2) is 53.9 Å². The SMILES string of the molecule is CN1C(=O)/C(=C/c2ccc(C(=O)N3CCC(Cc4ccccc4)CC3)cc2)OC2CCCCC21. The van der Waals surface area contributed by atoms with Gasteiger partial charge in [-0.2, -0.15) is 0 Å². The zero-order valence-corrected chi connectivity index (χ0v) is 20.0. The minimum Gasteiger partial charge on any atom is -0.482 e. The number of carbonyl (C=O) groups excluding carboxylic acids is 2. The Morgan fingerprint density at radius 2 is 1.68 bits per heavy atom. The van der Waals surface area contributed by atoms with E-state index in [1.165, 1.54) is 5.56 Å². The third kappa shape index (κ3) is 4.89. The molecule has 0 N–H and O–H groups in total. The van der Waals surface area contributed by atoms with Crippen molar-refractivity contribution in [3.8, 4) is 0 Å². The van der Waals surface area contributed by atoms with Crippen molar-refractivity contribution in [1.82, 2.24) is 9.80 Å². The molecule has 178 valence electrons. The molecule has 3 fully saturated rings. The molecule has 1 saturated carbocycles. The number of carbonyl (C=O) groups is 2. The molecule has 2 unspecified atom stereocenters. The molecule has 2 saturated heterocycles. The zero-order chi connectivity index (χ0) is 23.5. The molecule has 34 heavy (non-hydrogen) atoms. The molecule has 2 aromatic rings. The molecule has 2 heterocycles. The molecular weight excluding hydrogens is 424 g/mol. The normalized spacial score (nSPS) is 24.6. The number of rotatable bonds is 4. The van der Waals surface area contributed by atoms with Crippen LogP contribution >= 0.6 is 0 Å². The maximum Gasteiger partial charge on any atom is 0.289 e. The fourth-order valence-electron chi connectivity index (χ4n) is 5.63. The zero-order valence-electron chi connectivity index (χ0n) is 20.0. The van der Waals surface area contributed by atoms with Crippen LogP contribution in [0.1, 0.15) is 60.0 Å². The number of ether oxygens (including phenoxy) is 1. The summed E-state index contributed by atoms with van der Waals surface area (Å²) >= 11 is 0. The average molecular weight is 459 g/mol. The highest BCUT2D eigenvalue weighted by Crippen LogP contribution is 2.32. The number of hydrogen-bond acceptors (Lipinski definition) is 3. The number of fused-ring (bicyclic) bond motifs is 1. The summed E-state index contributed by atoms with van der Waals surface area (Å²) in [5, 5.41) is 0. The van der Waals surface area contributed by atoms with Gasteiger partial charge in [0.1, 0.15) is 6.10 Å². The number of likely N-dealkylation sites (N-methyl/N-ethyl adjacent to an activating group) is 1. The second-order valence-electron chi connectivity index (χ2n) is 9.98. The molecule has 5 rings (SSSR count). The first-order valence-electron chi connectivity index (χ1n) is 12.7. The van der Waals surface area contributed by atoms with E-state index < -0.39 is 0 Å². The number of benzene rings is 2. The molecule has 0 aromatic heterocycles. The molecule has 1 aliphatic carbocycles. The van der Waals surface area contributed by atoms with Crippen molar-refractivity contribution < 1.29 is 14.3 Å². The van der Waals surface area contributed by atoms with Crippen molar-refractivity contribution in [3.05, 3.63) is 77.0 Å². The minimum absolute atomic E-state index is 0.0540. The highest BCUT2D eigenvalue weighted by molar-refractivity contribution is 5.97. The molecule has 2 amide bonds. The van der Waals surface area contributed by atoms with E-state index in [1.807, 2.05) is 47.2 Å². The van der Waals surface area contributed by atoms with Crippen molar-refractivity contribution in [1.29, 1.82) is 0 Å². The maximum absolute atomic E-state index is 13.0. The van der Waals surface area contributed by atoms with Gasteiger partial charge in [0.05, 0.1) is 6.04 Å². The Hall–Kier alpha value is -3.08. The lowest BCUT2D eigenvalue weighted by molar-refractivity contribution is -0.145. The third-order valence-electron chi connectivity index (χ3n) is 7.70. The Morgan fingerprint density at radius 1 is 0.971 bits per heavy atom. The average Bonchev–Trinajstić information content (AvgIpc) is 2.88. The van der Waals surface area contributed by atoms with Gasteiger partial charge >= 0.3 is 0 Å². The largest absolute Gasteiger partial charge is 0.482 e. The lowest BCUT2D eigenvalue weighted by atomic mass is 9.90. The van der Waals surface area contributed by atoms with Gasteiger partial charge in [0.15, 0.2) is 5.76 Å². The second-order valence-corrected chi connectivity index (χ2v) is 9.98. The van der Waals surface area contributed by atoms with E-state index >= 15 is 0 Å². The van der Waals surface area contributed by atoms with Crippen molar-refractivity contribution >= 4 is 17.9 Å². The van der Waals surface area contributed by atoms with Crippen LogP contribution in [-0.2, 0) is 16.0 Å². The summed E-state index contributed by atoms with van der Waals surface area (Å²) in [6, 6.07) is 18.3. The summed E-state index contributed by atoms with van der Waals surface area (Å²) in [7, 11) is 1.88. The van der Waals surface area contributed by atoms with Crippen LogP contribution in [0.2, 0.25) is 0 Å². The van der Waals surface area contributed by atoms with E-state index in [2.05, 4.69) is 30.3 Å². The minimum atomic E-state index is -0.0540. The number of hydrogen-bond donors (Lipinski definition) is 0. The maximum atomic E-state index is 13.0. The summed E-state index contributed by atoms with van der Waals surface area (Å²) in [5.74, 6) is 1.08. The highest BCUT2D eigenvalue weighted by Gasteiger charge is 2.39. The van der Waals surface area contributed by atoms with Crippen molar-refractivity contribution in [2.45, 2.75) is 57.1 Å². The first kappa shape index (κ1) is 22.7. The molecule has 3 aliphatic rings. The quantitative estimate of drug-likeness (QED) is 0.611. The standard InChI is InChI=1S/C29H34N2O3/c1-30-25-9-5-6-10-26(25)34-27(29(30)33)20-22-11-13-24(14-12-22)28(32)31-17-15-23(16-18-31)19-21-7-3-2-4-8-21/h2-4,7-8,11-14,20,23,25-26H,5-6,9-10,15-19H2,1H3/b27-20-. The number of piperidine rings is 1. The van der Waals surface area contributed by atoms with E-state index in [4.69, 9.17) is 4.74 Å². The lowest BCUT2D eigenvalue weighted by Crippen LogP contribution is -2.52. The summed E-state index contributed by atoms with van der Waals surface area (Å²) in [5.41, 5.74) is 2.95. The monoisotopic (exact) mass is 458 g/mol. The van der Waals surface area contributed by atoms with Gasteiger partial charge in [-0.05, 0) is 73.8 Å². The number of amides is 2. The van der Waals surface area contributed by atoms with Crippen LogP contribution in [0.25, 0.3) is 6.08 Å². The second kappa shape index (κ2) is 10.0. The van der Waals surface area contributed by atoms with Gasteiger partial charge in [0.25, 0.3) is 11.8 Å². The summed E-state index contributed by atoms with van der Waals surface area (Å²) in [6.45, 7) is 1.61. The fraction of sp³-hybridized carbons (Fsp3) is 0.448. The van der Waals surface area contributed by atoms with E-state index in [0.29, 0.717) is 17.2 Å². The van der Waals surface area contributed by atoms with Gasteiger partial charge < -0.3 is 14.5 Å². The lowest BCUT2D eigenvalue weighted by Gasteiger charge is -2.42. The molecule has 5 heteroatoms. The van der Waals surface area contributed by atoms with Crippen LogP contribution in [0, 0.1) is 5.92 Å². The van der Waals surface area contributed by atoms with Gasteiger partial charge in [0.2, 0.25) is 0 Å². The predicted molar refractivity (Wildman–Crippen MR) is 133 cm³/mol.